The molecule has 1 N–H and O–H groups in total. The molecule has 1 aromatic rings. The van der Waals surface area contributed by atoms with Crippen molar-refractivity contribution in [2.24, 2.45) is 0 Å². The highest BCUT2D eigenvalue weighted by atomic mass is 16.6. The van der Waals surface area contributed by atoms with Crippen LogP contribution in [0, 0.1) is 0 Å². The maximum absolute atomic E-state index is 11.5. The molecule has 1 rings (SSSR count). The second kappa shape index (κ2) is 8.26. The lowest BCUT2D eigenvalue weighted by atomic mass is 10.2. The Labute approximate surface area is 130 Å². The summed E-state index contributed by atoms with van der Waals surface area (Å²) in [5.74, 6) is 1.03. The number of ether oxygens (including phenoxy) is 3. The fourth-order valence-electron chi connectivity index (χ4n) is 1.61. The Morgan fingerprint density at radius 2 is 1.95 bits per heavy atom. The molecule has 1 aromatic carbocycles. The van der Waals surface area contributed by atoms with Crippen LogP contribution in [0.25, 0.3) is 0 Å². The maximum Gasteiger partial charge on any atom is 0.407 e. The van der Waals surface area contributed by atoms with Gasteiger partial charge in [-0.3, -0.25) is 4.79 Å². The first-order valence-electron chi connectivity index (χ1n) is 7.17. The van der Waals surface area contributed by atoms with Gasteiger partial charge < -0.3 is 19.5 Å². The van der Waals surface area contributed by atoms with Crippen LogP contribution in [0.5, 0.6) is 11.5 Å². The van der Waals surface area contributed by atoms with E-state index in [1.54, 1.807) is 39.0 Å². The number of carbonyl (C=O) groups excluding carboxylic acids is 2. The minimum Gasteiger partial charge on any atom is -0.490 e. The van der Waals surface area contributed by atoms with Gasteiger partial charge >= 0.3 is 6.09 Å². The third-order valence-corrected chi connectivity index (χ3v) is 2.43. The van der Waals surface area contributed by atoms with Crippen molar-refractivity contribution in [3.05, 3.63) is 23.8 Å². The van der Waals surface area contributed by atoms with Gasteiger partial charge in [0, 0.05) is 5.56 Å². The van der Waals surface area contributed by atoms with Gasteiger partial charge in [0.25, 0.3) is 0 Å². The van der Waals surface area contributed by atoms with Crippen LogP contribution in [0.1, 0.15) is 38.1 Å². The predicted octanol–water partition coefficient (Wildman–Crippen LogP) is 2.80. The van der Waals surface area contributed by atoms with Gasteiger partial charge in [0.1, 0.15) is 18.5 Å². The number of alkyl carbamates (subject to hydrolysis) is 1. The highest BCUT2D eigenvalue weighted by Crippen LogP contribution is 2.27. The van der Waals surface area contributed by atoms with Crippen LogP contribution in [0.2, 0.25) is 0 Å². The molecular formula is C16H23NO5. The number of carbonyl (C=O) groups is 2. The van der Waals surface area contributed by atoms with Crippen LogP contribution >= 0.6 is 0 Å². The molecule has 0 radical (unpaired) electrons. The Kier molecular flexibility index (Phi) is 6.69. The summed E-state index contributed by atoms with van der Waals surface area (Å²) in [4.78, 5) is 22.2. The number of amides is 1. The van der Waals surface area contributed by atoms with E-state index in [4.69, 9.17) is 14.2 Å². The lowest BCUT2D eigenvalue weighted by molar-refractivity contribution is 0.0520. The molecule has 0 saturated heterocycles. The highest BCUT2D eigenvalue weighted by molar-refractivity contribution is 5.76. The number of nitrogens with one attached hydrogen (secondary N) is 1. The second-order valence-corrected chi connectivity index (χ2v) is 5.53. The summed E-state index contributed by atoms with van der Waals surface area (Å²) in [6.45, 7) is 8.27. The summed E-state index contributed by atoms with van der Waals surface area (Å²) in [7, 11) is 0. The first kappa shape index (κ1) is 17.8. The van der Waals surface area contributed by atoms with Crippen molar-refractivity contribution >= 4 is 12.4 Å². The van der Waals surface area contributed by atoms with E-state index in [-0.39, 0.29) is 6.61 Å². The van der Waals surface area contributed by atoms with E-state index in [1.165, 1.54) is 0 Å². The number of hydrogen-bond donors (Lipinski definition) is 1. The van der Waals surface area contributed by atoms with Gasteiger partial charge in [0.15, 0.2) is 11.5 Å². The van der Waals surface area contributed by atoms with Crippen LogP contribution in [-0.2, 0) is 4.74 Å². The molecule has 0 bridgehead atoms. The molecule has 122 valence electrons. The summed E-state index contributed by atoms with van der Waals surface area (Å²) in [6, 6.07) is 4.93. The fraction of sp³-hybridized carbons (Fsp3) is 0.500. The Morgan fingerprint density at radius 1 is 1.23 bits per heavy atom. The van der Waals surface area contributed by atoms with Gasteiger partial charge in [-0.15, -0.1) is 0 Å². The van der Waals surface area contributed by atoms with Crippen molar-refractivity contribution in [1.82, 2.24) is 5.32 Å². The predicted molar refractivity (Wildman–Crippen MR) is 82.7 cm³/mol. The molecule has 22 heavy (non-hydrogen) atoms. The molecule has 0 atom stereocenters. The molecule has 0 aliphatic carbocycles. The Hall–Kier alpha value is -2.24. The quantitative estimate of drug-likeness (QED) is 0.619. The average Bonchev–Trinajstić information content (AvgIpc) is 2.43. The standard InChI is InChI=1S/C16H23NO5/c1-5-20-14-10-12(11-18)6-7-13(14)21-9-8-17-15(19)22-16(2,3)4/h6-7,10-11H,5,8-9H2,1-4H3,(H,17,19). The lowest BCUT2D eigenvalue weighted by Gasteiger charge is -2.19. The van der Waals surface area contributed by atoms with E-state index in [0.29, 0.717) is 30.2 Å². The van der Waals surface area contributed by atoms with Gasteiger partial charge in [-0.1, -0.05) is 0 Å². The van der Waals surface area contributed by atoms with Crippen LogP contribution in [-0.4, -0.2) is 37.7 Å². The zero-order valence-corrected chi connectivity index (χ0v) is 13.5. The number of benzene rings is 1. The van der Waals surface area contributed by atoms with Crippen molar-refractivity contribution < 1.29 is 23.8 Å². The Balaban J connectivity index is 2.47. The van der Waals surface area contributed by atoms with Crippen molar-refractivity contribution in [3.8, 4) is 11.5 Å². The Morgan fingerprint density at radius 3 is 2.55 bits per heavy atom. The molecule has 0 spiro atoms. The molecule has 0 fully saturated rings. The van der Waals surface area contributed by atoms with E-state index in [2.05, 4.69) is 5.32 Å². The largest absolute Gasteiger partial charge is 0.490 e. The first-order chi connectivity index (χ1) is 10.4. The lowest BCUT2D eigenvalue weighted by Crippen LogP contribution is -2.34. The van der Waals surface area contributed by atoms with E-state index >= 15 is 0 Å². The molecule has 6 heteroatoms. The number of aldehydes is 1. The summed E-state index contributed by atoms with van der Waals surface area (Å²) in [5, 5.41) is 2.60. The van der Waals surface area contributed by atoms with E-state index in [1.807, 2.05) is 6.92 Å². The summed E-state index contributed by atoms with van der Waals surface area (Å²) in [5.41, 5.74) is -0.0137. The summed E-state index contributed by atoms with van der Waals surface area (Å²) >= 11 is 0. The fourth-order valence-corrected chi connectivity index (χ4v) is 1.61. The van der Waals surface area contributed by atoms with E-state index in [0.717, 1.165) is 6.29 Å². The zero-order chi connectivity index (χ0) is 16.6. The normalized spacial score (nSPS) is 10.7. The average molecular weight is 309 g/mol. The number of rotatable bonds is 7. The van der Waals surface area contributed by atoms with Gasteiger partial charge in [0.05, 0.1) is 13.2 Å². The monoisotopic (exact) mass is 309 g/mol. The molecule has 0 saturated carbocycles. The van der Waals surface area contributed by atoms with E-state index < -0.39 is 11.7 Å². The molecule has 0 aromatic heterocycles. The van der Waals surface area contributed by atoms with Crippen LogP contribution in [0.4, 0.5) is 4.79 Å². The van der Waals surface area contributed by atoms with Crippen molar-refractivity contribution in [2.45, 2.75) is 33.3 Å². The van der Waals surface area contributed by atoms with Crippen molar-refractivity contribution in [1.29, 1.82) is 0 Å². The zero-order valence-electron chi connectivity index (χ0n) is 13.5. The van der Waals surface area contributed by atoms with Crippen molar-refractivity contribution in [2.75, 3.05) is 19.8 Å². The first-order valence-corrected chi connectivity index (χ1v) is 7.17. The molecule has 1 amide bonds. The molecule has 0 heterocycles. The van der Waals surface area contributed by atoms with Gasteiger partial charge in [0.2, 0.25) is 0 Å². The second-order valence-electron chi connectivity index (χ2n) is 5.53. The minimum absolute atomic E-state index is 0.264. The van der Waals surface area contributed by atoms with Crippen molar-refractivity contribution in [3.63, 3.8) is 0 Å². The molecule has 0 aliphatic heterocycles. The summed E-state index contributed by atoms with van der Waals surface area (Å²) < 4.78 is 16.1. The SMILES string of the molecule is CCOc1cc(C=O)ccc1OCCNC(=O)OC(C)(C)C. The van der Waals surface area contributed by atoms with Crippen LogP contribution in [0.3, 0.4) is 0 Å². The summed E-state index contributed by atoms with van der Waals surface area (Å²) in [6.07, 6.45) is 0.258. The van der Waals surface area contributed by atoms with Crippen LogP contribution < -0.4 is 14.8 Å². The smallest absolute Gasteiger partial charge is 0.407 e. The highest BCUT2D eigenvalue weighted by Gasteiger charge is 2.15. The van der Waals surface area contributed by atoms with Crippen LogP contribution in [0.15, 0.2) is 18.2 Å². The topological polar surface area (TPSA) is 73.9 Å². The molecule has 6 nitrogen and oxygen atoms in total. The third kappa shape index (κ3) is 6.47. The van der Waals surface area contributed by atoms with Gasteiger partial charge in [-0.2, -0.15) is 0 Å². The van der Waals surface area contributed by atoms with Gasteiger partial charge in [-0.05, 0) is 45.9 Å². The molecule has 0 aliphatic rings. The third-order valence-electron chi connectivity index (χ3n) is 2.43. The van der Waals surface area contributed by atoms with E-state index in [9.17, 15) is 9.59 Å². The van der Waals surface area contributed by atoms with Gasteiger partial charge in [-0.25, -0.2) is 4.79 Å². The minimum atomic E-state index is -0.530. The maximum atomic E-state index is 11.5. The molecule has 0 unspecified atom stereocenters. The molecular weight excluding hydrogens is 286 g/mol. The number of hydrogen-bond acceptors (Lipinski definition) is 5. The Bertz CT molecular complexity index is 508.